The van der Waals surface area contributed by atoms with Gasteiger partial charge in [0.2, 0.25) is 0 Å². The molecule has 0 fully saturated rings. The summed E-state index contributed by atoms with van der Waals surface area (Å²) in [5.74, 6) is 1.43. The molecule has 0 atom stereocenters. The van der Waals surface area contributed by atoms with Crippen LogP contribution in [-0.2, 0) is 13.0 Å². The molecule has 1 aromatic heterocycles. The van der Waals surface area contributed by atoms with Crippen molar-refractivity contribution in [3.05, 3.63) is 34.0 Å². The van der Waals surface area contributed by atoms with Crippen LogP contribution in [0.4, 0.5) is 0 Å². The van der Waals surface area contributed by atoms with Crippen LogP contribution >= 0.6 is 11.6 Å². The number of benzene rings is 1. The van der Waals surface area contributed by atoms with E-state index in [1.165, 1.54) is 5.56 Å². The van der Waals surface area contributed by atoms with Gasteiger partial charge in [-0.3, -0.25) is 0 Å². The quantitative estimate of drug-likeness (QED) is 0.894. The minimum absolute atomic E-state index is 0.423. The van der Waals surface area contributed by atoms with Crippen LogP contribution in [0.5, 0.6) is 0 Å². The molecule has 0 spiro atoms. The Kier molecular flexibility index (Phi) is 3.45. The van der Waals surface area contributed by atoms with Crippen molar-refractivity contribution in [1.82, 2.24) is 0 Å². The maximum Gasteiger partial charge on any atom is 0.153 e. The van der Waals surface area contributed by atoms with Crippen LogP contribution in [0.2, 0.25) is 5.02 Å². The van der Waals surface area contributed by atoms with Crippen LogP contribution in [0.3, 0.4) is 0 Å². The lowest BCUT2D eigenvalue weighted by atomic mass is 9.99. The van der Waals surface area contributed by atoms with Crippen molar-refractivity contribution in [3.63, 3.8) is 0 Å². The van der Waals surface area contributed by atoms with Gasteiger partial charge in [0.15, 0.2) is 5.58 Å². The molecule has 0 unspecified atom stereocenters. The number of nitrogens with two attached hydrogens (primary N) is 1. The number of hydrogen-bond donors (Lipinski definition) is 1. The van der Waals surface area contributed by atoms with E-state index in [1.54, 1.807) is 0 Å². The molecule has 0 saturated carbocycles. The summed E-state index contributed by atoms with van der Waals surface area (Å²) in [6, 6.07) is 4.05. The van der Waals surface area contributed by atoms with Gasteiger partial charge in [-0.2, -0.15) is 0 Å². The number of hydrogen-bond acceptors (Lipinski definition) is 2. The third-order valence-electron chi connectivity index (χ3n) is 2.87. The van der Waals surface area contributed by atoms with Crippen molar-refractivity contribution >= 4 is 22.6 Å². The van der Waals surface area contributed by atoms with Gasteiger partial charge < -0.3 is 10.2 Å². The fourth-order valence-corrected chi connectivity index (χ4v) is 2.50. The van der Waals surface area contributed by atoms with E-state index in [2.05, 4.69) is 19.9 Å². The van der Waals surface area contributed by atoms with E-state index in [4.69, 9.17) is 21.8 Å². The van der Waals surface area contributed by atoms with E-state index in [-0.39, 0.29) is 0 Å². The molecule has 17 heavy (non-hydrogen) atoms. The Morgan fingerprint density at radius 1 is 1.35 bits per heavy atom. The van der Waals surface area contributed by atoms with E-state index in [1.807, 2.05) is 13.0 Å². The molecule has 3 heteroatoms. The first kappa shape index (κ1) is 12.5. The Balaban J connectivity index is 2.69. The van der Waals surface area contributed by atoms with Crippen LogP contribution in [0.15, 0.2) is 16.5 Å². The summed E-state index contributed by atoms with van der Waals surface area (Å²) in [6.07, 6.45) is 0.972. The molecule has 2 N–H and O–H groups in total. The molecule has 1 heterocycles. The van der Waals surface area contributed by atoms with Gasteiger partial charge in [0.1, 0.15) is 5.76 Å². The van der Waals surface area contributed by atoms with Gasteiger partial charge in [0.25, 0.3) is 0 Å². The summed E-state index contributed by atoms with van der Waals surface area (Å²) in [5.41, 5.74) is 8.87. The number of rotatable bonds is 3. The number of aryl methyl sites for hydroxylation is 1. The Morgan fingerprint density at radius 2 is 2.06 bits per heavy atom. The highest BCUT2D eigenvalue weighted by Gasteiger charge is 2.16. The minimum Gasteiger partial charge on any atom is -0.458 e. The van der Waals surface area contributed by atoms with Gasteiger partial charge in [-0.1, -0.05) is 25.4 Å². The van der Waals surface area contributed by atoms with Crippen LogP contribution in [0.1, 0.15) is 30.7 Å². The highest BCUT2D eigenvalue weighted by atomic mass is 35.5. The Labute approximate surface area is 107 Å². The summed E-state index contributed by atoms with van der Waals surface area (Å²) in [6.45, 7) is 6.85. The van der Waals surface area contributed by atoms with Crippen molar-refractivity contribution < 1.29 is 4.42 Å². The van der Waals surface area contributed by atoms with Crippen LogP contribution in [-0.4, -0.2) is 0 Å². The summed E-state index contributed by atoms with van der Waals surface area (Å²) in [5, 5.41) is 1.79. The first-order chi connectivity index (χ1) is 8.02. The fraction of sp³-hybridized carbons (Fsp3) is 0.429. The first-order valence-corrected chi connectivity index (χ1v) is 6.31. The van der Waals surface area contributed by atoms with E-state index >= 15 is 0 Å². The normalized spacial score (nSPS) is 11.6. The van der Waals surface area contributed by atoms with Crippen LogP contribution in [0.25, 0.3) is 11.0 Å². The molecule has 0 aliphatic rings. The molecule has 0 saturated heterocycles. The summed E-state index contributed by atoms with van der Waals surface area (Å²) < 4.78 is 5.78. The zero-order chi connectivity index (χ0) is 12.6. The van der Waals surface area contributed by atoms with Gasteiger partial charge in [-0.15, -0.1) is 0 Å². The highest BCUT2D eigenvalue weighted by Crippen LogP contribution is 2.33. The maximum atomic E-state index is 6.21. The topological polar surface area (TPSA) is 39.2 Å². The Morgan fingerprint density at radius 3 is 2.65 bits per heavy atom. The maximum absolute atomic E-state index is 6.21. The predicted molar refractivity (Wildman–Crippen MR) is 72.4 cm³/mol. The second-order valence-corrected chi connectivity index (χ2v) is 5.34. The van der Waals surface area contributed by atoms with Crippen LogP contribution in [0, 0.1) is 12.8 Å². The van der Waals surface area contributed by atoms with Crippen molar-refractivity contribution in [2.75, 3.05) is 0 Å². The lowest BCUT2D eigenvalue weighted by Crippen LogP contribution is -2.01. The average Bonchev–Trinajstić information content (AvgIpc) is 2.56. The third-order valence-corrected chi connectivity index (χ3v) is 3.15. The standard InChI is InChI=1S/C14H18ClNO/c1-8(2)4-10-11-5-9(3)6-12(15)14(11)17-13(10)7-16/h5-6,8H,4,7,16H2,1-3H3. The monoisotopic (exact) mass is 251 g/mol. The van der Waals surface area contributed by atoms with Gasteiger partial charge in [0.05, 0.1) is 11.6 Å². The molecule has 0 aliphatic heterocycles. The molecule has 2 aromatic rings. The largest absolute Gasteiger partial charge is 0.458 e. The third kappa shape index (κ3) is 2.33. The molecule has 2 nitrogen and oxygen atoms in total. The van der Waals surface area contributed by atoms with Crippen molar-refractivity contribution in [3.8, 4) is 0 Å². The lowest BCUT2D eigenvalue weighted by Gasteiger charge is -2.05. The molecule has 1 aromatic carbocycles. The molecular weight excluding hydrogens is 234 g/mol. The van der Waals surface area contributed by atoms with Gasteiger partial charge >= 0.3 is 0 Å². The Hall–Kier alpha value is -0.990. The van der Waals surface area contributed by atoms with E-state index in [0.29, 0.717) is 17.5 Å². The number of furan rings is 1. The number of fused-ring (bicyclic) bond motifs is 1. The van der Waals surface area contributed by atoms with Gasteiger partial charge in [-0.05, 0) is 37.0 Å². The second-order valence-electron chi connectivity index (χ2n) is 4.93. The first-order valence-electron chi connectivity index (χ1n) is 5.93. The fourth-order valence-electron chi connectivity index (χ4n) is 2.19. The molecule has 0 aliphatic carbocycles. The molecule has 0 bridgehead atoms. The number of halogens is 1. The average molecular weight is 252 g/mol. The smallest absolute Gasteiger partial charge is 0.153 e. The van der Waals surface area contributed by atoms with Crippen LogP contribution < -0.4 is 5.73 Å². The zero-order valence-electron chi connectivity index (χ0n) is 10.5. The predicted octanol–water partition coefficient (Wildman–Crippen LogP) is 4.05. The van der Waals surface area contributed by atoms with Gasteiger partial charge in [-0.25, -0.2) is 0 Å². The second kappa shape index (κ2) is 4.71. The summed E-state index contributed by atoms with van der Waals surface area (Å²) in [4.78, 5) is 0. The van der Waals surface area contributed by atoms with E-state index in [9.17, 15) is 0 Å². The van der Waals surface area contributed by atoms with E-state index in [0.717, 1.165) is 28.7 Å². The zero-order valence-corrected chi connectivity index (χ0v) is 11.3. The molecule has 0 amide bonds. The highest BCUT2D eigenvalue weighted by molar-refractivity contribution is 6.35. The van der Waals surface area contributed by atoms with Crippen molar-refractivity contribution in [2.24, 2.45) is 11.7 Å². The minimum atomic E-state index is 0.423. The SMILES string of the molecule is Cc1cc(Cl)c2oc(CN)c(CC(C)C)c2c1. The Bertz CT molecular complexity index is 543. The van der Waals surface area contributed by atoms with Crippen molar-refractivity contribution in [1.29, 1.82) is 0 Å². The van der Waals surface area contributed by atoms with E-state index < -0.39 is 0 Å². The molecule has 92 valence electrons. The molecule has 2 rings (SSSR count). The summed E-state index contributed by atoms with van der Waals surface area (Å²) >= 11 is 6.21. The summed E-state index contributed by atoms with van der Waals surface area (Å²) in [7, 11) is 0. The molecular formula is C14H18ClNO. The molecule has 0 radical (unpaired) electrons. The lowest BCUT2D eigenvalue weighted by molar-refractivity contribution is 0.535. The van der Waals surface area contributed by atoms with Gasteiger partial charge in [0, 0.05) is 10.9 Å². The van der Waals surface area contributed by atoms with Crippen molar-refractivity contribution in [2.45, 2.75) is 33.7 Å².